The molecule has 0 fully saturated rings. The highest BCUT2D eigenvalue weighted by Gasteiger charge is 2.23. The molecule has 2 rings (SSSR count). The molecule has 1 aromatic rings. The van der Waals surface area contributed by atoms with E-state index in [1.54, 1.807) is 35.9 Å². The largest absolute Gasteiger partial charge is 0.245 e. The summed E-state index contributed by atoms with van der Waals surface area (Å²) < 4.78 is 0.549. The van der Waals surface area contributed by atoms with E-state index in [0.717, 1.165) is 10.1 Å². The lowest BCUT2D eigenvalue weighted by atomic mass is 10.8. The quantitative estimate of drug-likeness (QED) is 0.696. The van der Waals surface area contributed by atoms with Crippen LogP contribution in [-0.4, -0.2) is 20.1 Å². The van der Waals surface area contributed by atoms with E-state index in [1.165, 1.54) is 0 Å². The highest BCUT2D eigenvalue weighted by molar-refractivity contribution is 8.33. The average Bonchev–Trinajstić information content (AvgIpc) is 2.46. The van der Waals surface area contributed by atoms with Crippen molar-refractivity contribution in [1.29, 1.82) is 0 Å². The van der Waals surface area contributed by atoms with Crippen LogP contribution in [0.5, 0.6) is 0 Å². The molecule has 0 radical (unpaired) electrons. The summed E-state index contributed by atoms with van der Waals surface area (Å²) >= 11 is 5.41. The molecule has 0 atom stereocenters. The van der Waals surface area contributed by atoms with Gasteiger partial charge in [-0.15, -0.1) is 11.8 Å². The second-order valence-electron chi connectivity index (χ2n) is 1.93. The molecule has 2 heterocycles. The number of thioether (sulfide) groups is 3. The molecule has 0 aliphatic carbocycles. The lowest BCUT2D eigenvalue weighted by Crippen LogP contribution is -1.79. The van der Waals surface area contributed by atoms with Crippen molar-refractivity contribution in [2.75, 3.05) is 6.26 Å². The van der Waals surface area contributed by atoms with Crippen LogP contribution in [0.2, 0.25) is 0 Å². The van der Waals surface area contributed by atoms with Crippen LogP contribution < -0.4 is 0 Å². The molecular formula is C6H6N2S3. The van der Waals surface area contributed by atoms with Crippen LogP contribution in [0.25, 0.3) is 0 Å². The van der Waals surface area contributed by atoms with E-state index in [-0.39, 0.29) is 0 Å². The number of rotatable bonds is 1. The average molecular weight is 202 g/mol. The van der Waals surface area contributed by atoms with Gasteiger partial charge < -0.3 is 0 Å². The van der Waals surface area contributed by atoms with Gasteiger partial charge in [0.2, 0.25) is 0 Å². The molecule has 0 saturated heterocycles. The van der Waals surface area contributed by atoms with E-state index in [2.05, 4.69) is 16.2 Å². The number of aromatic nitrogens is 2. The molecule has 1 aliphatic rings. The third-order valence-electron chi connectivity index (χ3n) is 1.24. The van der Waals surface area contributed by atoms with Crippen LogP contribution in [0.1, 0.15) is 0 Å². The zero-order valence-electron chi connectivity index (χ0n) is 5.85. The summed E-state index contributed by atoms with van der Waals surface area (Å²) in [7, 11) is 0. The van der Waals surface area contributed by atoms with Gasteiger partial charge in [0.1, 0.15) is 14.0 Å². The Kier molecular flexibility index (Phi) is 2.29. The molecule has 11 heavy (non-hydrogen) atoms. The second-order valence-corrected chi connectivity index (χ2v) is 5.95. The molecular weight excluding hydrogens is 196 g/mol. The van der Waals surface area contributed by atoms with Crippen molar-refractivity contribution >= 4 is 35.3 Å². The third-order valence-corrected chi connectivity index (χ3v) is 5.49. The Morgan fingerprint density at radius 2 is 1.82 bits per heavy atom. The fraction of sp³-hybridized carbons (Fsp3) is 0.333. The first-order valence-corrected chi connectivity index (χ1v) is 6.12. The monoisotopic (exact) mass is 202 g/mol. The maximum absolute atomic E-state index is 4.22. The Balaban J connectivity index is 2.27. The molecule has 0 aromatic carbocycles. The Morgan fingerprint density at radius 3 is 2.27 bits per heavy atom. The van der Waals surface area contributed by atoms with Crippen LogP contribution in [0.4, 0.5) is 0 Å². The van der Waals surface area contributed by atoms with Gasteiger partial charge in [0, 0.05) is 12.4 Å². The van der Waals surface area contributed by atoms with E-state index in [9.17, 15) is 0 Å². The van der Waals surface area contributed by atoms with Crippen molar-refractivity contribution in [3.8, 4) is 0 Å². The van der Waals surface area contributed by atoms with E-state index in [0.29, 0.717) is 3.91 Å². The van der Waals surface area contributed by atoms with Gasteiger partial charge in [0.15, 0.2) is 0 Å². The maximum Gasteiger partial charge on any atom is 0.130 e. The summed E-state index contributed by atoms with van der Waals surface area (Å²) in [5.41, 5.74) is 0. The number of hydrogen-bond donors (Lipinski definition) is 0. The predicted molar refractivity (Wildman–Crippen MR) is 51.0 cm³/mol. The zero-order chi connectivity index (χ0) is 7.68. The normalized spacial score (nSPS) is 16.8. The summed E-state index contributed by atoms with van der Waals surface area (Å²) in [6.45, 7) is 0. The van der Waals surface area contributed by atoms with Crippen LogP contribution in [0, 0.1) is 0 Å². The predicted octanol–water partition coefficient (Wildman–Crippen LogP) is 2.32. The van der Waals surface area contributed by atoms with Crippen molar-refractivity contribution < 1.29 is 0 Å². The molecule has 5 heteroatoms. The minimum absolute atomic E-state index is 0.549. The molecule has 0 amide bonds. The first-order chi connectivity index (χ1) is 5.40. The molecule has 0 spiro atoms. The topological polar surface area (TPSA) is 25.8 Å². The van der Waals surface area contributed by atoms with Gasteiger partial charge in [0.05, 0.1) is 0 Å². The highest BCUT2D eigenvalue weighted by atomic mass is 32.3. The van der Waals surface area contributed by atoms with E-state index < -0.39 is 0 Å². The van der Waals surface area contributed by atoms with Crippen LogP contribution in [0.15, 0.2) is 22.4 Å². The molecule has 0 N–H and O–H groups in total. The lowest BCUT2D eigenvalue weighted by molar-refractivity contribution is 0.930. The Hall–Kier alpha value is 0.130. The van der Waals surface area contributed by atoms with Gasteiger partial charge in [-0.2, -0.15) is 0 Å². The van der Waals surface area contributed by atoms with Gasteiger partial charge >= 0.3 is 0 Å². The summed E-state index contributed by atoms with van der Waals surface area (Å²) in [6, 6.07) is 0. The van der Waals surface area contributed by atoms with E-state index >= 15 is 0 Å². The maximum atomic E-state index is 4.22. The van der Waals surface area contributed by atoms with Gasteiger partial charge in [0.25, 0.3) is 0 Å². The minimum atomic E-state index is 0.549. The van der Waals surface area contributed by atoms with Gasteiger partial charge in [-0.25, -0.2) is 9.97 Å². The minimum Gasteiger partial charge on any atom is -0.245 e. The number of nitrogens with zero attached hydrogens (tertiary/aromatic N) is 2. The lowest BCUT2D eigenvalue weighted by Gasteiger charge is -1.98. The molecule has 0 saturated carbocycles. The summed E-state index contributed by atoms with van der Waals surface area (Å²) in [5.74, 6) is 0. The number of hydrogen-bond acceptors (Lipinski definition) is 5. The first-order valence-electron chi connectivity index (χ1n) is 3.07. The van der Waals surface area contributed by atoms with Crippen molar-refractivity contribution in [2.45, 2.75) is 14.0 Å². The first kappa shape index (κ1) is 7.76. The summed E-state index contributed by atoms with van der Waals surface area (Å²) in [5, 5.41) is 2.16. The van der Waals surface area contributed by atoms with Crippen LogP contribution in [0.3, 0.4) is 0 Å². The van der Waals surface area contributed by atoms with Crippen molar-refractivity contribution in [1.82, 2.24) is 9.97 Å². The standard InChI is InChI=1S/C6H6N2S3/c1-9-6-10-4-5(11-6)8-3-2-7-4/h2-3,6H,1H3. The third kappa shape index (κ3) is 1.50. The van der Waals surface area contributed by atoms with Gasteiger partial charge in [-0.3, -0.25) is 0 Å². The molecule has 0 bridgehead atoms. The fourth-order valence-corrected chi connectivity index (χ4v) is 4.04. The van der Waals surface area contributed by atoms with Gasteiger partial charge in [-0.1, -0.05) is 23.5 Å². The van der Waals surface area contributed by atoms with E-state index in [4.69, 9.17) is 0 Å². The zero-order valence-corrected chi connectivity index (χ0v) is 8.30. The summed E-state index contributed by atoms with van der Waals surface area (Å²) in [4.78, 5) is 8.45. The van der Waals surface area contributed by atoms with E-state index in [1.807, 2.05) is 11.8 Å². The second kappa shape index (κ2) is 3.25. The van der Waals surface area contributed by atoms with Crippen LogP contribution in [-0.2, 0) is 0 Å². The SMILES string of the molecule is CSC1Sc2nccnc2S1. The van der Waals surface area contributed by atoms with Crippen LogP contribution >= 0.6 is 35.3 Å². The molecule has 1 aliphatic heterocycles. The number of fused-ring (bicyclic) bond motifs is 1. The van der Waals surface area contributed by atoms with Crippen molar-refractivity contribution in [3.05, 3.63) is 12.4 Å². The summed E-state index contributed by atoms with van der Waals surface area (Å²) in [6.07, 6.45) is 5.60. The van der Waals surface area contributed by atoms with Gasteiger partial charge in [-0.05, 0) is 6.26 Å². The fourth-order valence-electron chi connectivity index (χ4n) is 0.777. The Labute approximate surface area is 78.0 Å². The molecule has 1 aromatic heterocycles. The molecule has 0 unspecified atom stereocenters. The smallest absolute Gasteiger partial charge is 0.130 e. The molecule has 58 valence electrons. The highest BCUT2D eigenvalue weighted by Crippen LogP contribution is 2.49. The Bertz CT molecular complexity index is 241. The molecule has 2 nitrogen and oxygen atoms in total. The van der Waals surface area contributed by atoms with Crippen molar-refractivity contribution in [3.63, 3.8) is 0 Å². The Morgan fingerprint density at radius 1 is 1.27 bits per heavy atom. The van der Waals surface area contributed by atoms with Crippen molar-refractivity contribution in [2.24, 2.45) is 0 Å².